The molecule has 0 amide bonds. The average molecular weight is 1780 g/mol. The highest BCUT2D eigenvalue weighted by molar-refractivity contribution is 6.22. The molecule has 27 rings (SSSR count). The molecule has 0 N–H and O–H groups in total. The van der Waals surface area contributed by atoms with E-state index in [0.717, 1.165) is 60.2 Å². The summed E-state index contributed by atoms with van der Waals surface area (Å²) in [7, 11) is 0. The van der Waals surface area contributed by atoms with Crippen LogP contribution in [0.2, 0.25) is 0 Å². The van der Waals surface area contributed by atoms with Crippen LogP contribution in [0.15, 0.2) is 316 Å². The third kappa shape index (κ3) is 18.8. The van der Waals surface area contributed by atoms with Crippen molar-refractivity contribution in [3.8, 4) is 55.6 Å². The van der Waals surface area contributed by atoms with Crippen molar-refractivity contribution in [3.63, 3.8) is 0 Å². The molecule has 8 heterocycles. The van der Waals surface area contributed by atoms with Crippen LogP contribution in [-0.2, 0) is 32.1 Å². The lowest BCUT2D eigenvalue weighted by atomic mass is 9.94. The maximum Gasteiger partial charge on any atom is 0.146 e. The van der Waals surface area contributed by atoms with Gasteiger partial charge in [-0.15, -0.1) is 0 Å². The molecule has 8 heteroatoms. The van der Waals surface area contributed by atoms with Crippen LogP contribution in [-0.4, -0.2) is 37.5 Å². The van der Waals surface area contributed by atoms with Gasteiger partial charge < -0.3 is 0 Å². The predicted octanol–water partition coefficient (Wildman–Crippen LogP) is 37.9. The van der Waals surface area contributed by atoms with Crippen LogP contribution >= 0.6 is 0 Å². The first kappa shape index (κ1) is 103. The Hall–Kier alpha value is -13.8. The molecule has 135 heavy (non-hydrogen) atoms. The van der Waals surface area contributed by atoms with Gasteiger partial charge >= 0.3 is 0 Å². The molecule has 0 unspecified atom stereocenters. The van der Waals surface area contributed by atoms with Crippen molar-refractivity contribution < 1.29 is 0 Å². The fraction of sp³-hybridized carbons (Fsp3) is 0.260. The fourth-order valence-electron chi connectivity index (χ4n) is 19.5. The minimum Gasteiger partial charge on any atom is -0.299 e. The second-order valence-electron chi connectivity index (χ2n) is 29.4. The molecule has 22 aromatic rings. The van der Waals surface area contributed by atoms with E-state index in [2.05, 4.69) is 325 Å². The van der Waals surface area contributed by atoms with Gasteiger partial charge in [0, 0.05) is 85.8 Å². The van der Waals surface area contributed by atoms with Gasteiger partial charge in [-0.2, -0.15) is 0 Å². The van der Waals surface area contributed by atoms with E-state index in [9.17, 15) is 0 Å². The Bertz CT molecular complexity index is 7690. The molecule has 0 aliphatic heterocycles. The molecule has 5 aliphatic carbocycles. The first-order chi connectivity index (χ1) is 67.1. The summed E-state index contributed by atoms with van der Waals surface area (Å²) in [5.41, 5.74) is 39.2. The lowest BCUT2D eigenvalue weighted by molar-refractivity contribution is 1.25. The lowest BCUT2D eigenvalue weighted by Crippen LogP contribution is -1.97. The Kier molecular flexibility index (Phi) is 38.1. The third-order valence-electron chi connectivity index (χ3n) is 24.1. The van der Waals surface area contributed by atoms with E-state index >= 15 is 0 Å². The minimum atomic E-state index is 0.959. The highest BCUT2D eigenvalue weighted by Crippen LogP contribution is 2.51. The maximum atomic E-state index is 5.28. The Morgan fingerprint density at radius 2 is 0.541 bits per heavy atom. The van der Waals surface area contributed by atoms with E-state index in [1.807, 2.05) is 212 Å². The van der Waals surface area contributed by atoms with Crippen molar-refractivity contribution in [1.29, 1.82) is 0 Å². The smallest absolute Gasteiger partial charge is 0.146 e. The molecular formula is C127H146N8. The van der Waals surface area contributed by atoms with Gasteiger partial charge in [-0.25, -0.2) is 19.9 Å². The summed E-state index contributed by atoms with van der Waals surface area (Å²) in [6.07, 6.45) is 16.9. The molecule has 8 nitrogen and oxygen atoms in total. The van der Waals surface area contributed by atoms with Crippen LogP contribution in [0.5, 0.6) is 0 Å². The SMILES string of the molecule is CC.CC.CC.CC.CC.CC.CC.CC.CC.CC.CC.CC.CC.CC.c1ccc2c(c1)Cc1c-2ccc2c1c1ccccc1n1ccnc21.c1ccc2c(c1)Cc1c-2ccc2c3ccc4c(c3n3c5ccccc5nc3c12)-c1ccccc1C4.c1ccc2c(c1)Cc1cc3c4ccccc4n4ccnc4c3cc1-2.c1ccc2c(c1)Cc1ccc3c4ccccc4n4ccnc4c3c1-2. The van der Waals surface area contributed by atoms with Gasteiger partial charge in [0.05, 0.1) is 33.1 Å². The minimum absolute atomic E-state index is 0.959. The number of benzene rings is 14. The molecule has 0 bridgehead atoms. The van der Waals surface area contributed by atoms with Crippen molar-refractivity contribution >= 4 is 120 Å². The standard InChI is InChI=1S/C33H20N2.3C22H14N2.14C2H6/c1-3-9-22-20(8-1)18-27-24(22)15-16-25-26-14-13-21-17-19-7-2-4-10-23(19)30(21)32(26)35-29-12-6-5-11-28(29)34-33(35)31(25)27;1-2-6-16-14(5-1)11-15-12-19-17-7-3-4-8-21(17)24-10-9-23-22(24)20(19)13-18(15)16;1-2-6-16-14(5-1)13-15-9-10-18-17-7-3-4-8-19(17)24-12-11-23-22(24)21(18)20(15)16;1-2-6-15-14(5-1)13-19-16(15)9-10-18-21(19)17-7-3-4-8-20(17)24-12-11-23-22(18)24;14*1-2/h1-16H,17-18H2;1-10,12-13H,11H2;2*1-12H,13H2;14*1-2H3. The van der Waals surface area contributed by atoms with Gasteiger partial charge in [-0.3, -0.25) is 17.6 Å². The Balaban J connectivity index is 0.000000173. The van der Waals surface area contributed by atoms with Crippen LogP contribution in [0.25, 0.3) is 176 Å². The lowest BCUT2D eigenvalue weighted by Gasteiger charge is -2.16. The summed E-state index contributed by atoms with van der Waals surface area (Å²) in [4.78, 5) is 19.3. The molecule has 0 saturated carbocycles. The maximum absolute atomic E-state index is 5.28. The number of hydrogen-bond donors (Lipinski definition) is 0. The molecule has 5 aliphatic rings. The fourth-order valence-corrected chi connectivity index (χ4v) is 19.5. The summed E-state index contributed by atoms with van der Waals surface area (Å²) < 4.78 is 9.08. The molecular weight excluding hydrogens is 1640 g/mol. The van der Waals surface area contributed by atoms with Gasteiger partial charge in [0.2, 0.25) is 0 Å². The van der Waals surface area contributed by atoms with Gasteiger partial charge in [0.25, 0.3) is 0 Å². The van der Waals surface area contributed by atoms with Gasteiger partial charge in [0.1, 0.15) is 22.6 Å². The summed E-state index contributed by atoms with van der Waals surface area (Å²) in [5, 5.41) is 15.5. The number of pyridine rings is 4. The van der Waals surface area contributed by atoms with Crippen molar-refractivity contribution in [2.75, 3.05) is 0 Å². The van der Waals surface area contributed by atoms with E-state index in [4.69, 9.17) is 9.97 Å². The van der Waals surface area contributed by atoms with Crippen LogP contribution in [0.3, 0.4) is 0 Å². The van der Waals surface area contributed by atoms with Crippen LogP contribution in [0.1, 0.15) is 249 Å². The van der Waals surface area contributed by atoms with Crippen LogP contribution in [0, 0.1) is 0 Å². The quantitative estimate of drug-likeness (QED) is 0.142. The second kappa shape index (κ2) is 49.8. The van der Waals surface area contributed by atoms with E-state index in [-0.39, 0.29) is 0 Å². The molecule has 8 aromatic heterocycles. The Morgan fingerprint density at radius 3 is 1.05 bits per heavy atom. The van der Waals surface area contributed by atoms with E-state index in [0.29, 0.717) is 0 Å². The Morgan fingerprint density at radius 1 is 0.200 bits per heavy atom. The topological polar surface area (TPSA) is 69.2 Å². The van der Waals surface area contributed by atoms with Crippen molar-refractivity contribution in [2.45, 2.75) is 226 Å². The third-order valence-corrected chi connectivity index (χ3v) is 24.1. The summed E-state index contributed by atoms with van der Waals surface area (Å²) in [6, 6.07) is 102. The highest BCUT2D eigenvalue weighted by atomic mass is 15.0. The largest absolute Gasteiger partial charge is 0.299 e. The predicted molar refractivity (Wildman–Crippen MR) is 598 cm³/mol. The van der Waals surface area contributed by atoms with Crippen LogP contribution in [0.4, 0.5) is 0 Å². The number of hydrogen-bond acceptors (Lipinski definition) is 4. The highest BCUT2D eigenvalue weighted by Gasteiger charge is 2.31. The first-order valence-electron chi connectivity index (χ1n) is 51.2. The zero-order chi connectivity index (χ0) is 97.7. The van der Waals surface area contributed by atoms with Gasteiger partial charge in [-0.05, 0) is 208 Å². The summed E-state index contributed by atoms with van der Waals surface area (Å²) in [5.74, 6) is 0. The number of fused-ring (bicyclic) bond motifs is 45. The van der Waals surface area contributed by atoms with Crippen molar-refractivity contribution in [3.05, 3.63) is 372 Å². The molecule has 0 saturated heterocycles. The van der Waals surface area contributed by atoms with E-state index < -0.39 is 0 Å². The van der Waals surface area contributed by atoms with Crippen molar-refractivity contribution in [1.82, 2.24) is 37.5 Å². The average Bonchev–Trinajstić information content (AvgIpc) is 1.55. The van der Waals surface area contributed by atoms with Crippen molar-refractivity contribution in [2.24, 2.45) is 0 Å². The molecule has 0 fully saturated rings. The molecule has 694 valence electrons. The number of nitrogens with zero attached hydrogens (tertiary/aromatic N) is 8. The van der Waals surface area contributed by atoms with E-state index in [1.165, 1.54) is 203 Å². The van der Waals surface area contributed by atoms with Gasteiger partial charge in [0.15, 0.2) is 0 Å². The second-order valence-corrected chi connectivity index (χ2v) is 29.4. The number of imidazole rings is 4. The zero-order valence-electron chi connectivity index (χ0n) is 86.1. The molecule has 0 spiro atoms. The molecule has 14 aromatic carbocycles. The summed E-state index contributed by atoms with van der Waals surface area (Å²) >= 11 is 0. The Labute approximate surface area is 805 Å². The van der Waals surface area contributed by atoms with Gasteiger partial charge in [-0.1, -0.05) is 424 Å². The molecule has 0 radical (unpaired) electrons. The number of para-hydroxylation sites is 5. The number of aromatic nitrogens is 8. The van der Waals surface area contributed by atoms with Crippen LogP contribution < -0.4 is 0 Å². The normalized spacial score (nSPS) is 11.0. The van der Waals surface area contributed by atoms with E-state index in [1.54, 1.807) is 0 Å². The number of rotatable bonds is 0. The zero-order valence-corrected chi connectivity index (χ0v) is 86.1. The first-order valence-corrected chi connectivity index (χ1v) is 51.2. The summed E-state index contributed by atoms with van der Waals surface area (Å²) in [6.45, 7) is 56.0. The monoisotopic (exact) mass is 1780 g/mol. The molecule has 0 atom stereocenters.